The molecule has 3 rings (SSSR count). The first-order valence-electron chi connectivity index (χ1n) is 7.96. The van der Waals surface area contributed by atoms with E-state index in [1.54, 1.807) is 19.5 Å². The highest BCUT2D eigenvalue weighted by molar-refractivity contribution is 5.45. The molecule has 0 unspecified atom stereocenters. The average Bonchev–Trinajstić information content (AvgIpc) is 2.64. The number of aryl methyl sites for hydroxylation is 2. The Morgan fingerprint density at radius 1 is 1.00 bits per heavy atom. The lowest BCUT2D eigenvalue weighted by Gasteiger charge is -2.13. The van der Waals surface area contributed by atoms with Gasteiger partial charge in [-0.25, -0.2) is 15.0 Å². The van der Waals surface area contributed by atoms with Gasteiger partial charge in [0.2, 0.25) is 5.88 Å². The number of anilines is 1. The molecule has 3 aromatic rings. The third-order valence-electron chi connectivity index (χ3n) is 3.66. The average molecular weight is 336 g/mol. The quantitative estimate of drug-likeness (QED) is 0.736. The molecule has 0 fully saturated rings. The van der Waals surface area contributed by atoms with Crippen molar-refractivity contribution in [1.29, 1.82) is 0 Å². The second kappa shape index (κ2) is 7.61. The van der Waals surface area contributed by atoms with Crippen LogP contribution in [0.3, 0.4) is 0 Å². The van der Waals surface area contributed by atoms with Crippen molar-refractivity contribution in [1.82, 2.24) is 15.0 Å². The fourth-order valence-corrected chi connectivity index (χ4v) is 2.35. The predicted molar refractivity (Wildman–Crippen MR) is 96.1 cm³/mol. The number of aromatic nitrogens is 3. The molecule has 1 N–H and O–H groups in total. The summed E-state index contributed by atoms with van der Waals surface area (Å²) in [6, 6.07) is 11.3. The lowest BCUT2D eigenvalue weighted by Crippen LogP contribution is -2.06. The molecule has 2 aromatic heterocycles. The van der Waals surface area contributed by atoms with Gasteiger partial charge < -0.3 is 14.8 Å². The molecular formula is C19H20N4O2. The van der Waals surface area contributed by atoms with Crippen LogP contribution in [0.25, 0.3) is 0 Å². The third-order valence-corrected chi connectivity index (χ3v) is 3.66. The van der Waals surface area contributed by atoms with Gasteiger partial charge >= 0.3 is 0 Å². The number of nitrogens with one attached hydrogen (secondary N) is 1. The minimum atomic E-state index is 0.530. The number of hydrogen-bond acceptors (Lipinski definition) is 6. The molecule has 128 valence electrons. The molecule has 0 aliphatic carbocycles. The van der Waals surface area contributed by atoms with Gasteiger partial charge in [-0.15, -0.1) is 0 Å². The molecule has 0 aliphatic heterocycles. The van der Waals surface area contributed by atoms with E-state index in [0.29, 0.717) is 23.9 Å². The number of rotatable bonds is 6. The molecule has 0 saturated heterocycles. The van der Waals surface area contributed by atoms with Crippen LogP contribution in [0.4, 0.5) is 5.82 Å². The molecule has 0 saturated carbocycles. The second-order valence-corrected chi connectivity index (χ2v) is 5.52. The molecule has 6 nitrogen and oxygen atoms in total. The smallest absolute Gasteiger partial charge is 0.224 e. The van der Waals surface area contributed by atoms with Crippen molar-refractivity contribution in [2.45, 2.75) is 20.4 Å². The highest BCUT2D eigenvalue weighted by Crippen LogP contribution is 2.31. The SMILES string of the molecule is COc1ccccc1Oc1ncccc1CNc1nc(C)ncc1C. The van der Waals surface area contributed by atoms with Crippen LogP contribution in [0, 0.1) is 13.8 Å². The molecule has 1 aromatic carbocycles. The number of para-hydroxylation sites is 2. The van der Waals surface area contributed by atoms with E-state index in [0.717, 1.165) is 22.8 Å². The van der Waals surface area contributed by atoms with Gasteiger partial charge in [-0.3, -0.25) is 0 Å². The summed E-state index contributed by atoms with van der Waals surface area (Å²) < 4.78 is 11.3. The van der Waals surface area contributed by atoms with E-state index in [9.17, 15) is 0 Å². The normalized spacial score (nSPS) is 10.4. The number of hydrogen-bond donors (Lipinski definition) is 1. The fraction of sp³-hybridized carbons (Fsp3) is 0.211. The minimum absolute atomic E-state index is 0.530. The zero-order chi connectivity index (χ0) is 17.6. The molecule has 0 atom stereocenters. The first-order valence-corrected chi connectivity index (χ1v) is 7.96. The Balaban J connectivity index is 1.80. The third kappa shape index (κ3) is 4.03. The Morgan fingerprint density at radius 3 is 2.60 bits per heavy atom. The number of ether oxygens (including phenoxy) is 2. The molecule has 0 spiro atoms. The predicted octanol–water partition coefficient (Wildman–Crippen LogP) is 3.90. The number of nitrogens with zero attached hydrogens (tertiary/aromatic N) is 3. The zero-order valence-corrected chi connectivity index (χ0v) is 14.5. The van der Waals surface area contributed by atoms with Gasteiger partial charge in [0.1, 0.15) is 11.6 Å². The lowest BCUT2D eigenvalue weighted by atomic mass is 10.2. The number of pyridine rings is 1. The molecule has 0 amide bonds. The Morgan fingerprint density at radius 2 is 1.80 bits per heavy atom. The van der Waals surface area contributed by atoms with Crippen molar-refractivity contribution < 1.29 is 9.47 Å². The minimum Gasteiger partial charge on any atom is -0.493 e. The van der Waals surface area contributed by atoms with Crippen LogP contribution < -0.4 is 14.8 Å². The van der Waals surface area contributed by atoms with E-state index in [-0.39, 0.29) is 0 Å². The molecule has 6 heteroatoms. The number of benzene rings is 1. The summed E-state index contributed by atoms with van der Waals surface area (Å²) in [6.07, 6.45) is 3.51. The Bertz CT molecular complexity index is 868. The Hall–Kier alpha value is -3.15. The summed E-state index contributed by atoms with van der Waals surface area (Å²) in [5, 5.41) is 3.32. The van der Waals surface area contributed by atoms with E-state index in [1.807, 2.05) is 50.2 Å². The van der Waals surface area contributed by atoms with Crippen molar-refractivity contribution in [3.63, 3.8) is 0 Å². The largest absolute Gasteiger partial charge is 0.493 e. The second-order valence-electron chi connectivity index (χ2n) is 5.52. The van der Waals surface area contributed by atoms with Gasteiger partial charge in [-0.05, 0) is 32.0 Å². The molecule has 0 bridgehead atoms. The summed E-state index contributed by atoms with van der Waals surface area (Å²) in [5.74, 6) is 3.35. The first kappa shape index (κ1) is 16.7. The summed E-state index contributed by atoms with van der Waals surface area (Å²) >= 11 is 0. The van der Waals surface area contributed by atoms with Gasteiger partial charge in [0.15, 0.2) is 11.5 Å². The van der Waals surface area contributed by atoms with E-state index < -0.39 is 0 Å². The van der Waals surface area contributed by atoms with Gasteiger partial charge in [-0.1, -0.05) is 18.2 Å². The summed E-state index contributed by atoms with van der Waals surface area (Å²) in [7, 11) is 1.61. The van der Waals surface area contributed by atoms with Gasteiger partial charge in [0.05, 0.1) is 7.11 Å². The van der Waals surface area contributed by atoms with E-state index in [1.165, 1.54) is 0 Å². The standard InChI is InChI=1S/C19H20N4O2/c1-13-11-21-14(2)23-18(13)22-12-15-7-6-10-20-19(15)25-17-9-5-4-8-16(17)24-3/h4-11H,12H2,1-3H3,(H,21,22,23). The fourth-order valence-electron chi connectivity index (χ4n) is 2.35. The highest BCUT2D eigenvalue weighted by atomic mass is 16.5. The van der Waals surface area contributed by atoms with Gasteiger partial charge in [0, 0.05) is 30.1 Å². The Kier molecular flexibility index (Phi) is 5.09. The van der Waals surface area contributed by atoms with Crippen LogP contribution in [0.2, 0.25) is 0 Å². The molecule has 2 heterocycles. The maximum absolute atomic E-state index is 5.97. The van der Waals surface area contributed by atoms with E-state index in [4.69, 9.17) is 9.47 Å². The maximum atomic E-state index is 5.97. The van der Waals surface area contributed by atoms with Crippen LogP contribution in [-0.2, 0) is 6.54 Å². The van der Waals surface area contributed by atoms with Gasteiger partial charge in [0.25, 0.3) is 0 Å². The van der Waals surface area contributed by atoms with Crippen molar-refractivity contribution in [2.24, 2.45) is 0 Å². The molecule has 0 aliphatic rings. The van der Waals surface area contributed by atoms with Crippen molar-refractivity contribution >= 4 is 5.82 Å². The highest BCUT2D eigenvalue weighted by Gasteiger charge is 2.10. The molecule has 0 radical (unpaired) electrons. The molecule has 25 heavy (non-hydrogen) atoms. The van der Waals surface area contributed by atoms with Crippen LogP contribution in [0.1, 0.15) is 17.0 Å². The van der Waals surface area contributed by atoms with Crippen LogP contribution in [-0.4, -0.2) is 22.1 Å². The van der Waals surface area contributed by atoms with Crippen molar-refractivity contribution in [2.75, 3.05) is 12.4 Å². The Labute approximate surface area is 146 Å². The number of methoxy groups -OCH3 is 1. The van der Waals surface area contributed by atoms with Crippen LogP contribution >= 0.6 is 0 Å². The molecular weight excluding hydrogens is 316 g/mol. The first-order chi connectivity index (χ1) is 12.2. The van der Waals surface area contributed by atoms with Crippen LogP contribution in [0.5, 0.6) is 17.4 Å². The van der Waals surface area contributed by atoms with Crippen molar-refractivity contribution in [3.8, 4) is 17.4 Å². The van der Waals surface area contributed by atoms with Crippen LogP contribution in [0.15, 0.2) is 48.8 Å². The summed E-state index contributed by atoms with van der Waals surface area (Å²) in [6.45, 7) is 4.37. The zero-order valence-electron chi connectivity index (χ0n) is 14.5. The van der Waals surface area contributed by atoms with Crippen molar-refractivity contribution in [3.05, 3.63) is 65.7 Å². The van der Waals surface area contributed by atoms with E-state index >= 15 is 0 Å². The topological polar surface area (TPSA) is 69.2 Å². The monoisotopic (exact) mass is 336 g/mol. The lowest BCUT2D eigenvalue weighted by molar-refractivity contribution is 0.373. The summed E-state index contributed by atoms with van der Waals surface area (Å²) in [5.41, 5.74) is 1.91. The maximum Gasteiger partial charge on any atom is 0.224 e. The summed E-state index contributed by atoms with van der Waals surface area (Å²) in [4.78, 5) is 13.0. The van der Waals surface area contributed by atoms with E-state index in [2.05, 4.69) is 20.3 Å². The van der Waals surface area contributed by atoms with Gasteiger partial charge in [-0.2, -0.15) is 0 Å².